The summed E-state index contributed by atoms with van der Waals surface area (Å²) in [6.07, 6.45) is 9.15. The van der Waals surface area contributed by atoms with Crippen molar-refractivity contribution in [2.45, 2.75) is 12.3 Å². The predicted molar refractivity (Wildman–Crippen MR) is 198 cm³/mol. The van der Waals surface area contributed by atoms with Gasteiger partial charge >= 0.3 is 0 Å². The normalized spacial score (nSPS) is 14.9. The summed E-state index contributed by atoms with van der Waals surface area (Å²) in [6.45, 7) is 0. The molecule has 1 aliphatic carbocycles. The minimum absolute atomic E-state index is 0.306. The Kier molecular flexibility index (Phi) is 7.21. The summed E-state index contributed by atoms with van der Waals surface area (Å²) in [7, 11) is 0. The number of pyridine rings is 1. The van der Waals surface area contributed by atoms with Crippen molar-refractivity contribution in [2.24, 2.45) is 0 Å². The molecule has 2 aliphatic rings. The third-order valence-electron chi connectivity index (χ3n) is 9.40. The molecule has 0 saturated carbocycles. The Bertz CT molecular complexity index is 2330. The molecule has 2 aromatic heterocycles. The van der Waals surface area contributed by atoms with Gasteiger partial charge in [-0.1, -0.05) is 121 Å². The fourth-order valence-corrected chi connectivity index (χ4v) is 6.94. The van der Waals surface area contributed by atoms with Crippen LogP contribution in [0.3, 0.4) is 0 Å². The van der Waals surface area contributed by atoms with Crippen molar-refractivity contribution in [1.82, 2.24) is 19.9 Å². The molecule has 232 valence electrons. The Morgan fingerprint density at radius 2 is 0.959 bits per heavy atom. The Labute approximate surface area is 285 Å². The maximum absolute atomic E-state index is 4.99. The summed E-state index contributed by atoms with van der Waals surface area (Å²) in [5.74, 6) is 2.25. The van der Waals surface area contributed by atoms with Gasteiger partial charge in [0.15, 0.2) is 17.5 Å². The summed E-state index contributed by atoms with van der Waals surface area (Å²) < 4.78 is 0. The molecule has 5 heteroatoms. The molecule has 9 rings (SSSR count). The third kappa shape index (κ3) is 5.41. The number of aromatic nitrogens is 4. The number of fused-ring (bicyclic) bond motifs is 3. The zero-order valence-corrected chi connectivity index (χ0v) is 26.7. The van der Waals surface area contributed by atoms with Gasteiger partial charge in [0, 0.05) is 52.1 Å². The van der Waals surface area contributed by atoms with Crippen molar-refractivity contribution < 1.29 is 0 Å². The fourth-order valence-electron chi connectivity index (χ4n) is 6.94. The quantitative estimate of drug-likeness (QED) is 0.183. The van der Waals surface area contributed by atoms with Gasteiger partial charge in [-0.05, 0) is 70.7 Å². The lowest BCUT2D eigenvalue weighted by Crippen LogP contribution is -2.15. The molecule has 0 spiro atoms. The van der Waals surface area contributed by atoms with Gasteiger partial charge in [-0.2, -0.15) is 0 Å². The molecular formula is C44H31N5. The van der Waals surface area contributed by atoms with E-state index in [1.807, 2.05) is 54.9 Å². The van der Waals surface area contributed by atoms with E-state index < -0.39 is 0 Å². The van der Waals surface area contributed by atoms with Gasteiger partial charge in [0.1, 0.15) is 0 Å². The fraction of sp³-hybridized carbons (Fsp3) is 0.0455. The zero-order valence-electron chi connectivity index (χ0n) is 26.7. The molecule has 0 amide bonds. The maximum Gasteiger partial charge on any atom is 0.164 e. The second-order valence-electron chi connectivity index (χ2n) is 12.3. The Morgan fingerprint density at radius 3 is 1.61 bits per heavy atom. The maximum atomic E-state index is 4.99. The molecule has 0 fully saturated rings. The van der Waals surface area contributed by atoms with Gasteiger partial charge in [-0.25, -0.2) is 15.0 Å². The van der Waals surface area contributed by atoms with Gasteiger partial charge in [0.25, 0.3) is 0 Å². The molecule has 1 unspecified atom stereocenters. The van der Waals surface area contributed by atoms with Crippen molar-refractivity contribution in [3.05, 3.63) is 187 Å². The SMILES string of the molecule is C1=C(c2ccc(-c3nc(-c4ccccc4)nc(-c4ccc(-c5ccncc5)cc4)n3)cc2)CC2C(=C1)N(c1ccccc1)c1ccccc12. The van der Waals surface area contributed by atoms with E-state index in [1.165, 1.54) is 33.8 Å². The van der Waals surface area contributed by atoms with Crippen LogP contribution in [0, 0.1) is 0 Å². The lowest BCUT2D eigenvalue weighted by Gasteiger charge is -2.26. The average Bonchev–Trinajstić information content (AvgIpc) is 3.52. The van der Waals surface area contributed by atoms with Crippen LogP contribution < -0.4 is 4.90 Å². The number of hydrogen-bond donors (Lipinski definition) is 0. The molecule has 0 radical (unpaired) electrons. The summed E-state index contributed by atoms with van der Waals surface area (Å²) >= 11 is 0. The van der Waals surface area contributed by atoms with Crippen molar-refractivity contribution >= 4 is 16.9 Å². The van der Waals surface area contributed by atoms with E-state index >= 15 is 0 Å². The van der Waals surface area contributed by atoms with E-state index in [1.54, 1.807) is 0 Å². The smallest absolute Gasteiger partial charge is 0.164 e. The molecule has 5 nitrogen and oxygen atoms in total. The first-order chi connectivity index (χ1) is 24.3. The topological polar surface area (TPSA) is 54.8 Å². The third-order valence-corrected chi connectivity index (χ3v) is 9.40. The molecule has 0 bridgehead atoms. The van der Waals surface area contributed by atoms with Crippen molar-refractivity contribution in [2.75, 3.05) is 4.90 Å². The van der Waals surface area contributed by atoms with Gasteiger partial charge < -0.3 is 4.90 Å². The van der Waals surface area contributed by atoms with E-state index in [9.17, 15) is 0 Å². The Morgan fingerprint density at radius 1 is 0.449 bits per heavy atom. The number of hydrogen-bond acceptors (Lipinski definition) is 5. The number of benzene rings is 5. The summed E-state index contributed by atoms with van der Waals surface area (Å²) in [5.41, 5.74) is 12.8. The highest BCUT2D eigenvalue weighted by atomic mass is 15.2. The highest BCUT2D eigenvalue weighted by Crippen LogP contribution is 2.52. The minimum Gasteiger partial charge on any atom is -0.313 e. The van der Waals surface area contributed by atoms with E-state index in [2.05, 4.69) is 125 Å². The van der Waals surface area contributed by atoms with Gasteiger partial charge in [-0.3, -0.25) is 4.98 Å². The second-order valence-corrected chi connectivity index (χ2v) is 12.3. The van der Waals surface area contributed by atoms with Gasteiger partial charge in [0.2, 0.25) is 0 Å². The van der Waals surface area contributed by atoms with Crippen molar-refractivity contribution in [3.63, 3.8) is 0 Å². The van der Waals surface area contributed by atoms with E-state index in [0.717, 1.165) is 34.2 Å². The number of para-hydroxylation sites is 2. The Balaban J connectivity index is 1.05. The number of rotatable bonds is 6. The first-order valence-corrected chi connectivity index (χ1v) is 16.6. The molecule has 7 aromatic rings. The van der Waals surface area contributed by atoms with Crippen molar-refractivity contribution in [3.8, 4) is 45.3 Å². The molecule has 3 heterocycles. The van der Waals surface area contributed by atoms with Crippen LogP contribution in [-0.2, 0) is 0 Å². The molecule has 49 heavy (non-hydrogen) atoms. The molecule has 5 aromatic carbocycles. The van der Waals surface area contributed by atoms with Crippen LogP contribution in [0.4, 0.5) is 11.4 Å². The van der Waals surface area contributed by atoms with Crippen LogP contribution in [0.1, 0.15) is 23.5 Å². The van der Waals surface area contributed by atoms with E-state index in [-0.39, 0.29) is 0 Å². The highest BCUT2D eigenvalue weighted by molar-refractivity contribution is 5.83. The van der Waals surface area contributed by atoms with Gasteiger partial charge in [0.05, 0.1) is 0 Å². The highest BCUT2D eigenvalue weighted by Gasteiger charge is 2.36. The van der Waals surface area contributed by atoms with Crippen LogP contribution in [0.5, 0.6) is 0 Å². The lowest BCUT2D eigenvalue weighted by molar-refractivity contribution is 0.832. The molecule has 1 atom stereocenters. The first-order valence-electron chi connectivity index (χ1n) is 16.6. The van der Waals surface area contributed by atoms with Crippen LogP contribution >= 0.6 is 0 Å². The Hall–Kier alpha value is -6.46. The lowest BCUT2D eigenvalue weighted by atomic mass is 9.85. The predicted octanol–water partition coefficient (Wildman–Crippen LogP) is 10.5. The molecule has 1 aliphatic heterocycles. The largest absolute Gasteiger partial charge is 0.313 e. The standard InChI is InChI=1S/C44H31N5/c1-3-9-33(10-4-1)42-46-43(34-19-15-30(16-20-34)32-25-27-45-28-26-32)48-44(47-42)35-21-17-31(18-22-35)36-23-24-41-39(29-36)38-13-7-8-14-40(38)49(41)37-11-5-2-6-12-37/h1-28,39H,29H2. The number of nitrogens with zero attached hydrogens (tertiary/aromatic N) is 5. The molecule has 0 N–H and O–H groups in total. The van der Waals surface area contributed by atoms with E-state index in [0.29, 0.717) is 23.4 Å². The van der Waals surface area contributed by atoms with E-state index in [4.69, 9.17) is 15.0 Å². The van der Waals surface area contributed by atoms with Crippen LogP contribution in [0.15, 0.2) is 176 Å². The van der Waals surface area contributed by atoms with Crippen molar-refractivity contribution in [1.29, 1.82) is 0 Å². The first kappa shape index (κ1) is 28.7. The molecular weight excluding hydrogens is 599 g/mol. The number of anilines is 2. The van der Waals surface area contributed by atoms with Crippen LogP contribution in [0.2, 0.25) is 0 Å². The average molecular weight is 630 g/mol. The zero-order chi connectivity index (χ0) is 32.6. The summed E-state index contributed by atoms with van der Waals surface area (Å²) in [6, 6.07) is 50.6. The minimum atomic E-state index is 0.306. The monoisotopic (exact) mass is 629 g/mol. The van der Waals surface area contributed by atoms with Crippen LogP contribution in [0.25, 0.3) is 50.9 Å². The van der Waals surface area contributed by atoms with Gasteiger partial charge in [-0.15, -0.1) is 0 Å². The summed E-state index contributed by atoms with van der Waals surface area (Å²) in [4.78, 5) is 21.4. The number of allylic oxidation sites excluding steroid dienone is 4. The second kappa shape index (κ2) is 12.3. The van der Waals surface area contributed by atoms with Crippen LogP contribution in [-0.4, -0.2) is 19.9 Å². The summed E-state index contributed by atoms with van der Waals surface area (Å²) in [5, 5.41) is 0. The molecule has 0 saturated heterocycles.